The van der Waals surface area contributed by atoms with Crippen LogP contribution in [0.5, 0.6) is 0 Å². The fourth-order valence-corrected chi connectivity index (χ4v) is 2.98. The molecule has 0 radical (unpaired) electrons. The zero-order valence-electron chi connectivity index (χ0n) is 14.2. The third-order valence-corrected chi connectivity index (χ3v) is 4.32. The predicted molar refractivity (Wildman–Crippen MR) is 101 cm³/mol. The number of primary amides is 1. The molecule has 7 nitrogen and oxygen atoms in total. The first-order valence-electron chi connectivity index (χ1n) is 8.47. The lowest BCUT2D eigenvalue weighted by Crippen LogP contribution is -2.37. The average Bonchev–Trinajstić information content (AvgIpc) is 2.68. The second-order valence-corrected chi connectivity index (χ2v) is 6.05. The van der Waals surface area contributed by atoms with Gasteiger partial charge in [-0.2, -0.15) is 4.98 Å². The van der Waals surface area contributed by atoms with Crippen molar-refractivity contribution in [1.29, 1.82) is 0 Å². The molecule has 132 valence electrons. The summed E-state index contributed by atoms with van der Waals surface area (Å²) in [6.07, 6.45) is 0. The van der Waals surface area contributed by atoms with Crippen LogP contribution < -0.4 is 16.0 Å². The number of morpholine rings is 1. The minimum atomic E-state index is -0.451. The van der Waals surface area contributed by atoms with Crippen molar-refractivity contribution in [3.05, 3.63) is 54.1 Å². The predicted octanol–water partition coefficient (Wildman–Crippen LogP) is 2.31. The summed E-state index contributed by atoms with van der Waals surface area (Å²) < 4.78 is 5.45. The Labute approximate surface area is 150 Å². The molecule has 1 saturated heterocycles. The summed E-state index contributed by atoms with van der Waals surface area (Å²) >= 11 is 0. The van der Waals surface area contributed by atoms with Crippen molar-refractivity contribution in [2.24, 2.45) is 5.73 Å². The normalized spacial score (nSPS) is 14.4. The summed E-state index contributed by atoms with van der Waals surface area (Å²) in [4.78, 5) is 22.8. The molecule has 0 unspecified atom stereocenters. The number of nitrogens with zero attached hydrogens (tertiary/aromatic N) is 3. The van der Waals surface area contributed by atoms with E-state index in [1.54, 1.807) is 24.3 Å². The number of nitrogens with two attached hydrogens (primary N) is 1. The lowest BCUT2D eigenvalue weighted by Gasteiger charge is -2.29. The summed E-state index contributed by atoms with van der Waals surface area (Å²) in [6.45, 7) is 2.98. The van der Waals surface area contributed by atoms with Gasteiger partial charge in [-0.3, -0.25) is 4.79 Å². The molecule has 3 N–H and O–H groups in total. The molecule has 1 fully saturated rings. The Morgan fingerprint density at radius 1 is 1.04 bits per heavy atom. The third-order valence-electron chi connectivity index (χ3n) is 4.32. The first kappa shape index (κ1) is 16.3. The van der Waals surface area contributed by atoms with Crippen LogP contribution in [0.2, 0.25) is 0 Å². The summed E-state index contributed by atoms with van der Waals surface area (Å²) in [5, 5.41) is 4.23. The lowest BCUT2D eigenvalue weighted by molar-refractivity contribution is 0.100. The van der Waals surface area contributed by atoms with Crippen molar-refractivity contribution in [2.45, 2.75) is 0 Å². The van der Waals surface area contributed by atoms with Gasteiger partial charge in [0, 0.05) is 29.7 Å². The number of anilines is 3. The number of fused-ring (bicyclic) bond motifs is 1. The maximum atomic E-state index is 11.2. The van der Waals surface area contributed by atoms with Crippen LogP contribution in [0, 0.1) is 0 Å². The first-order valence-corrected chi connectivity index (χ1v) is 8.47. The maximum absolute atomic E-state index is 11.2. The quantitative estimate of drug-likeness (QED) is 0.751. The fourth-order valence-electron chi connectivity index (χ4n) is 2.98. The van der Waals surface area contributed by atoms with Gasteiger partial charge in [0.25, 0.3) is 0 Å². The van der Waals surface area contributed by atoms with Gasteiger partial charge in [-0.1, -0.05) is 12.1 Å². The molecular weight excluding hydrogens is 330 g/mol. The van der Waals surface area contributed by atoms with Gasteiger partial charge in [-0.15, -0.1) is 0 Å². The molecule has 2 aromatic carbocycles. The smallest absolute Gasteiger partial charge is 0.248 e. The summed E-state index contributed by atoms with van der Waals surface area (Å²) in [5.74, 6) is 0.959. The van der Waals surface area contributed by atoms with Crippen molar-refractivity contribution in [3.63, 3.8) is 0 Å². The van der Waals surface area contributed by atoms with Crippen molar-refractivity contribution in [3.8, 4) is 0 Å². The minimum absolute atomic E-state index is 0.451. The molecule has 4 rings (SSSR count). The number of benzene rings is 2. The number of ether oxygens (including phenoxy) is 1. The van der Waals surface area contributed by atoms with Crippen LogP contribution in [0.1, 0.15) is 10.4 Å². The summed E-state index contributed by atoms with van der Waals surface area (Å²) in [6, 6.07) is 14.9. The molecule has 0 aliphatic carbocycles. The monoisotopic (exact) mass is 349 g/mol. The number of carbonyl (C=O) groups is 1. The van der Waals surface area contributed by atoms with Crippen LogP contribution in [0.3, 0.4) is 0 Å². The zero-order valence-corrected chi connectivity index (χ0v) is 14.2. The van der Waals surface area contributed by atoms with Crippen molar-refractivity contribution in [1.82, 2.24) is 9.97 Å². The molecule has 0 spiro atoms. The van der Waals surface area contributed by atoms with Crippen LogP contribution >= 0.6 is 0 Å². The SMILES string of the molecule is NC(=O)c1ccc(Nc2nc(N3CCOCC3)c3ccccc3n2)cc1. The zero-order chi connectivity index (χ0) is 17.9. The molecule has 0 bridgehead atoms. The third kappa shape index (κ3) is 3.29. The number of carbonyl (C=O) groups excluding carboxylic acids is 1. The van der Waals surface area contributed by atoms with Gasteiger partial charge >= 0.3 is 0 Å². The van der Waals surface area contributed by atoms with E-state index in [1.165, 1.54) is 0 Å². The topological polar surface area (TPSA) is 93.4 Å². The van der Waals surface area contributed by atoms with Gasteiger partial charge in [-0.05, 0) is 36.4 Å². The Bertz CT molecular complexity index is 936. The van der Waals surface area contributed by atoms with Gasteiger partial charge in [0.1, 0.15) is 5.82 Å². The van der Waals surface area contributed by atoms with E-state index >= 15 is 0 Å². The van der Waals surface area contributed by atoms with Crippen molar-refractivity contribution >= 4 is 34.3 Å². The molecular formula is C19H19N5O2. The van der Waals surface area contributed by atoms with Gasteiger partial charge in [-0.25, -0.2) is 4.98 Å². The highest BCUT2D eigenvalue weighted by Gasteiger charge is 2.17. The van der Waals surface area contributed by atoms with E-state index in [2.05, 4.69) is 15.2 Å². The van der Waals surface area contributed by atoms with E-state index in [-0.39, 0.29) is 0 Å². The second kappa shape index (κ2) is 6.97. The summed E-state index contributed by atoms with van der Waals surface area (Å²) in [5.41, 5.74) is 7.41. The largest absolute Gasteiger partial charge is 0.378 e. The van der Waals surface area contributed by atoms with Crippen molar-refractivity contribution < 1.29 is 9.53 Å². The van der Waals surface area contributed by atoms with E-state index < -0.39 is 5.91 Å². The standard InChI is InChI=1S/C19H19N5O2/c20-17(25)13-5-7-14(8-6-13)21-19-22-16-4-2-1-3-15(16)18(23-19)24-9-11-26-12-10-24/h1-8H,9-12H2,(H2,20,25)(H,21,22,23). The molecule has 26 heavy (non-hydrogen) atoms. The lowest BCUT2D eigenvalue weighted by atomic mass is 10.2. The van der Waals surface area contributed by atoms with Crippen LogP contribution in [-0.4, -0.2) is 42.2 Å². The molecule has 3 aromatic rings. The van der Waals surface area contributed by atoms with Gasteiger partial charge in [0.2, 0.25) is 11.9 Å². The number of hydrogen-bond acceptors (Lipinski definition) is 6. The van der Waals surface area contributed by atoms with E-state index in [9.17, 15) is 4.79 Å². The summed E-state index contributed by atoms with van der Waals surface area (Å²) in [7, 11) is 0. The van der Waals surface area contributed by atoms with E-state index in [4.69, 9.17) is 15.5 Å². The maximum Gasteiger partial charge on any atom is 0.248 e. The first-order chi connectivity index (χ1) is 12.7. The molecule has 7 heteroatoms. The highest BCUT2D eigenvalue weighted by atomic mass is 16.5. The molecule has 2 heterocycles. The van der Waals surface area contributed by atoms with Gasteiger partial charge in [0.15, 0.2) is 0 Å². The van der Waals surface area contributed by atoms with Gasteiger partial charge in [0.05, 0.1) is 18.7 Å². The minimum Gasteiger partial charge on any atom is -0.378 e. The van der Waals surface area contributed by atoms with Gasteiger partial charge < -0.3 is 20.7 Å². The molecule has 1 aromatic heterocycles. The number of para-hydroxylation sites is 1. The van der Waals surface area contributed by atoms with Crippen LogP contribution in [0.25, 0.3) is 10.9 Å². The van der Waals surface area contributed by atoms with Crippen LogP contribution in [0.4, 0.5) is 17.5 Å². The van der Waals surface area contributed by atoms with E-state index in [0.717, 1.165) is 35.5 Å². The van der Waals surface area contributed by atoms with E-state index in [0.29, 0.717) is 24.7 Å². The number of nitrogens with one attached hydrogen (secondary N) is 1. The number of aromatic nitrogens is 2. The highest BCUT2D eigenvalue weighted by molar-refractivity contribution is 5.93. The highest BCUT2D eigenvalue weighted by Crippen LogP contribution is 2.27. The van der Waals surface area contributed by atoms with Crippen LogP contribution in [-0.2, 0) is 4.74 Å². The fraction of sp³-hybridized carbons (Fsp3) is 0.211. The Morgan fingerprint density at radius 2 is 1.77 bits per heavy atom. The Balaban J connectivity index is 1.69. The number of rotatable bonds is 4. The Morgan fingerprint density at radius 3 is 2.50 bits per heavy atom. The Hall–Kier alpha value is -3.19. The molecule has 1 amide bonds. The molecule has 1 aliphatic heterocycles. The number of amides is 1. The average molecular weight is 349 g/mol. The molecule has 1 aliphatic rings. The second-order valence-electron chi connectivity index (χ2n) is 6.05. The van der Waals surface area contributed by atoms with Crippen LogP contribution in [0.15, 0.2) is 48.5 Å². The molecule has 0 saturated carbocycles. The molecule has 0 atom stereocenters. The van der Waals surface area contributed by atoms with Crippen molar-refractivity contribution in [2.75, 3.05) is 36.5 Å². The number of hydrogen-bond donors (Lipinski definition) is 2. The Kier molecular flexibility index (Phi) is 4.37. The van der Waals surface area contributed by atoms with E-state index in [1.807, 2.05) is 24.3 Å².